The molecule has 2 unspecified atom stereocenters. The highest BCUT2D eigenvalue weighted by Gasteiger charge is 2.38. The van der Waals surface area contributed by atoms with E-state index in [0.717, 1.165) is 19.5 Å². The number of rotatable bonds is 2. The van der Waals surface area contributed by atoms with Crippen LogP contribution in [-0.2, 0) is 4.79 Å². The monoisotopic (exact) mass is 241 g/mol. The van der Waals surface area contributed by atoms with E-state index in [4.69, 9.17) is 5.73 Å². The van der Waals surface area contributed by atoms with E-state index in [0.29, 0.717) is 12.5 Å². The summed E-state index contributed by atoms with van der Waals surface area (Å²) in [5.41, 5.74) is 5.67. The molecule has 0 aromatic carbocycles. The van der Waals surface area contributed by atoms with Crippen LogP contribution in [0.15, 0.2) is 0 Å². The summed E-state index contributed by atoms with van der Waals surface area (Å²) in [5, 5.41) is 0. The van der Waals surface area contributed by atoms with Crippen molar-refractivity contribution in [2.24, 2.45) is 11.7 Å². The summed E-state index contributed by atoms with van der Waals surface area (Å²) in [6, 6.07) is -0.0602. The molecule has 0 radical (unpaired) electrons. The van der Waals surface area contributed by atoms with Gasteiger partial charge in [-0.05, 0) is 39.7 Å². The largest absolute Gasteiger partial charge is 0.344 e. The minimum Gasteiger partial charge on any atom is -0.344 e. The molecule has 2 N–H and O–H groups in total. The van der Waals surface area contributed by atoms with Gasteiger partial charge in [0.2, 0.25) is 5.91 Å². The fourth-order valence-electron chi connectivity index (χ4n) is 2.64. The molecule has 4 heteroatoms. The van der Waals surface area contributed by atoms with E-state index in [1.165, 1.54) is 0 Å². The van der Waals surface area contributed by atoms with Crippen molar-refractivity contribution in [2.75, 3.05) is 26.7 Å². The molecule has 1 heterocycles. The van der Waals surface area contributed by atoms with Crippen LogP contribution in [0.4, 0.5) is 0 Å². The molecule has 0 aromatic rings. The molecular formula is C13H27N3O. The Kier molecular flexibility index (Phi) is 4.55. The second kappa shape index (κ2) is 5.36. The van der Waals surface area contributed by atoms with Gasteiger partial charge in [0.15, 0.2) is 0 Å². The lowest BCUT2D eigenvalue weighted by Gasteiger charge is -2.40. The predicted octanol–water partition coefficient (Wildman–Crippen LogP) is 0.912. The first-order valence-electron chi connectivity index (χ1n) is 6.49. The molecule has 0 saturated carbocycles. The maximum atomic E-state index is 12.4. The summed E-state index contributed by atoms with van der Waals surface area (Å²) in [4.78, 5) is 16.5. The van der Waals surface area contributed by atoms with E-state index in [-0.39, 0.29) is 17.5 Å². The first-order valence-corrected chi connectivity index (χ1v) is 6.49. The minimum atomic E-state index is -0.0602. The van der Waals surface area contributed by atoms with E-state index in [1.807, 2.05) is 11.9 Å². The Morgan fingerprint density at radius 3 is 2.41 bits per heavy atom. The highest BCUT2D eigenvalue weighted by molar-refractivity contribution is 5.82. The van der Waals surface area contributed by atoms with Crippen LogP contribution in [0.3, 0.4) is 0 Å². The first-order chi connectivity index (χ1) is 7.77. The van der Waals surface area contributed by atoms with Crippen LogP contribution < -0.4 is 5.73 Å². The molecule has 1 rings (SSSR count). The van der Waals surface area contributed by atoms with Crippen LogP contribution >= 0.6 is 0 Å². The third kappa shape index (κ3) is 3.42. The van der Waals surface area contributed by atoms with E-state index in [1.54, 1.807) is 0 Å². The highest BCUT2D eigenvalue weighted by atomic mass is 16.2. The Bertz CT molecular complexity index is 272. The van der Waals surface area contributed by atoms with Gasteiger partial charge in [-0.1, -0.05) is 6.92 Å². The lowest BCUT2D eigenvalue weighted by atomic mass is 9.99. The lowest BCUT2D eigenvalue weighted by Crippen LogP contribution is -2.53. The molecule has 2 atom stereocenters. The molecule has 1 aliphatic rings. The Balaban J connectivity index is 3.00. The van der Waals surface area contributed by atoms with Crippen LogP contribution in [0.25, 0.3) is 0 Å². The number of hydrogen-bond acceptors (Lipinski definition) is 3. The molecule has 1 saturated heterocycles. The standard InChI is InChI=1S/C13H27N3O/c1-10-8-15(5)12(17)11(6-7-14)16(9-10)13(2,3)4/h10-11H,6-9,14H2,1-5H3. The van der Waals surface area contributed by atoms with Crippen molar-refractivity contribution in [3.05, 3.63) is 0 Å². The second-order valence-corrected chi connectivity index (χ2v) is 6.24. The van der Waals surface area contributed by atoms with Crippen LogP contribution in [0.2, 0.25) is 0 Å². The number of carbonyl (C=O) groups is 1. The van der Waals surface area contributed by atoms with Gasteiger partial charge < -0.3 is 10.6 Å². The van der Waals surface area contributed by atoms with Crippen molar-refractivity contribution in [3.63, 3.8) is 0 Å². The molecule has 0 aliphatic carbocycles. The summed E-state index contributed by atoms with van der Waals surface area (Å²) in [6.45, 7) is 11.1. The van der Waals surface area contributed by atoms with Crippen molar-refractivity contribution in [3.8, 4) is 0 Å². The van der Waals surface area contributed by atoms with Gasteiger partial charge in [0.05, 0.1) is 6.04 Å². The van der Waals surface area contributed by atoms with Gasteiger partial charge in [-0.2, -0.15) is 0 Å². The van der Waals surface area contributed by atoms with Gasteiger partial charge in [-0.15, -0.1) is 0 Å². The SMILES string of the molecule is CC1CN(C)C(=O)C(CCN)N(C(C)(C)C)C1. The van der Waals surface area contributed by atoms with Crippen molar-refractivity contribution in [1.29, 1.82) is 0 Å². The summed E-state index contributed by atoms with van der Waals surface area (Å²) in [6.07, 6.45) is 0.743. The normalized spacial score (nSPS) is 28.4. The third-order valence-corrected chi connectivity index (χ3v) is 3.43. The lowest BCUT2D eigenvalue weighted by molar-refractivity contribution is -0.136. The molecule has 0 bridgehead atoms. The molecule has 1 aliphatic heterocycles. The molecule has 4 nitrogen and oxygen atoms in total. The number of likely N-dealkylation sites (N-methyl/N-ethyl adjacent to an activating group) is 1. The Morgan fingerprint density at radius 1 is 1.35 bits per heavy atom. The summed E-state index contributed by atoms with van der Waals surface area (Å²) < 4.78 is 0. The van der Waals surface area contributed by atoms with Crippen LogP contribution in [-0.4, -0.2) is 54.0 Å². The van der Waals surface area contributed by atoms with E-state index < -0.39 is 0 Å². The first kappa shape index (κ1) is 14.5. The van der Waals surface area contributed by atoms with Gasteiger partial charge in [0.1, 0.15) is 0 Å². The number of carbonyl (C=O) groups excluding carboxylic acids is 1. The maximum Gasteiger partial charge on any atom is 0.239 e. The van der Waals surface area contributed by atoms with Gasteiger partial charge in [0, 0.05) is 25.7 Å². The van der Waals surface area contributed by atoms with E-state index in [2.05, 4.69) is 32.6 Å². The van der Waals surface area contributed by atoms with Crippen LogP contribution in [0.1, 0.15) is 34.1 Å². The van der Waals surface area contributed by atoms with Gasteiger partial charge in [-0.25, -0.2) is 0 Å². The zero-order chi connectivity index (χ0) is 13.2. The number of amides is 1. The quantitative estimate of drug-likeness (QED) is 0.782. The van der Waals surface area contributed by atoms with Crippen molar-refractivity contribution in [1.82, 2.24) is 9.80 Å². The molecule has 1 fully saturated rings. The Morgan fingerprint density at radius 2 is 1.94 bits per heavy atom. The number of nitrogens with zero attached hydrogens (tertiary/aromatic N) is 2. The summed E-state index contributed by atoms with van der Waals surface area (Å²) in [5.74, 6) is 0.723. The molecular weight excluding hydrogens is 214 g/mol. The van der Waals surface area contributed by atoms with E-state index in [9.17, 15) is 4.79 Å². The second-order valence-electron chi connectivity index (χ2n) is 6.24. The third-order valence-electron chi connectivity index (χ3n) is 3.43. The van der Waals surface area contributed by atoms with Gasteiger partial charge in [-0.3, -0.25) is 9.69 Å². The topological polar surface area (TPSA) is 49.6 Å². The maximum absolute atomic E-state index is 12.4. The van der Waals surface area contributed by atoms with Crippen molar-refractivity contribution < 1.29 is 4.79 Å². The van der Waals surface area contributed by atoms with Crippen LogP contribution in [0.5, 0.6) is 0 Å². The van der Waals surface area contributed by atoms with Gasteiger partial charge in [0.25, 0.3) is 0 Å². The molecule has 0 spiro atoms. The van der Waals surface area contributed by atoms with Crippen molar-refractivity contribution >= 4 is 5.91 Å². The molecule has 100 valence electrons. The Hall–Kier alpha value is -0.610. The summed E-state index contributed by atoms with van der Waals surface area (Å²) in [7, 11) is 1.90. The molecule has 17 heavy (non-hydrogen) atoms. The van der Waals surface area contributed by atoms with Crippen molar-refractivity contribution in [2.45, 2.75) is 45.7 Å². The number of hydrogen-bond donors (Lipinski definition) is 1. The summed E-state index contributed by atoms with van der Waals surface area (Å²) >= 11 is 0. The average molecular weight is 241 g/mol. The average Bonchev–Trinajstić information content (AvgIpc) is 2.29. The smallest absolute Gasteiger partial charge is 0.239 e. The molecule has 0 aromatic heterocycles. The molecule has 1 amide bonds. The van der Waals surface area contributed by atoms with Crippen LogP contribution in [0, 0.1) is 5.92 Å². The van der Waals surface area contributed by atoms with Gasteiger partial charge >= 0.3 is 0 Å². The zero-order valence-corrected chi connectivity index (χ0v) is 11.9. The van der Waals surface area contributed by atoms with E-state index >= 15 is 0 Å². The fourth-order valence-corrected chi connectivity index (χ4v) is 2.64. The predicted molar refractivity (Wildman–Crippen MR) is 70.7 cm³/mol. The highest BCUT2D eigenvalue weighted by Crippen LogP contribution is 2.24. The minimum absolute atomic E-state index is 0.00887. The number of nitrogens with two attached hydrogens (primary N) is 1. The fraction of sp³-hybridized carbons (Fsp3) is 0.923. The Labute approximate surface area is 105 Å². The zero-order valence-electron chi connectivity index (χ0n) is 11.9.